The Bertz CT molecular complexity index is 62.1. The molecule has 0 aromatic heterocycles. The van der Waals surface area contributed by atoms with Gasteiger partial charge in [-0.2, -0.15) is 0 Å². The molecule has 0 rings (SSSR count). The van der Waals surface area contributed by atoms with Crippen LogP contribution in [0.15, 0.2) is 0 Å². The van der Waals surface area contributed by atoms with Crippen molar-refractivity contribution in [1.29, 1.82) is 0 Å². The molecule has 0 saturated heterocycles. The number of phosphoric acid groups is 1. The van der Waals surface area contributed by atoms with Crippen LogP contribution in [0.4, 0.5) is 0 Å². The van der Waals surface area contributed by atoms with E-state index in [9.17, 15) is 0 Å². The monoisotopic (exact) mass is 344 g/mol. The fraction of sp³-hybridized carbons (Fsp3) is 0. The molecule has 0 aliphatic heterocycles. The zero-order valence-electron chi connectivity index (χ0n) is 3.20. The molecule has 0 bridgehead atoms. The van der Waals surface area contributed by atoms with E-state index < -0.39 is 7.82 Å². The molecule has 0 amide bonds. The van der Waals surface area contributed by atoms with Crippen molar-refractivity contribution in [3.63, 3.8) is 0 Å². The molecule has 0 unspecified atom stereocenters. The van der Waals surface area contributed by atoms with Gasteiger partial charge in [-0.3, -0.25) is 0 Å². The Morgan fingerprint density at radius 2 is 0.667 bits per heavy atom. The molecule has 6 nitrogen and oxygen atoms in total. The molecule has 0 radical (unpaired) electrons. The predicted octanol–water partition coefficient (Wildman–Crippen LogP) is -7.16. The van der Waals surface area contributed by atoms with Gasteiger partial charge < -0.3 is 25.6 Å². The van der Waals surface area contributed by atoms with Gasteiger partial charge in [0, 0.05) is 0 Å². The van der Waals surface area contributed by atoms with Crippen LogP contribution >= 0.6 is 7.82 Å². The van der Waals surface area contributed by atoms with Crippen LogP contribution in [0.25, 0.3) is 0 Å². The zero-order valence-corrected chi connectivity index (χ0v) is 4.09. The molecule has 0 aliphatic rings. The average Bonchev–Trinajstić information content (AvgIpc) is 0.722. The number of rotatable bonds is 0. The Morgan fingerprint density at radius 3 is 0.667 bits per heavy atom. The summed E-state index contributed by atoms with van der Waals surface area (Å²) in [6.45, 7) is 0. The predicted molar refractivity (Wildman–Crippen MR) is 64.2 cm³/mol. The van der Waals surface area contributed by atoms with E-state index in [1.807, 2.05) is 0 Å². The van der Waals surface area contributed by atoms with Crippen LogP contribution in [0.1, 0.15) is 0 Å². The van der Waals surface area contributed by atoms with Gasteiger partial charge in [-0.25, -0.2) is 4.57 Å². The van der Waals surface area contributed by atoms with Crippen LogP contribution in [0, 0.1) is 0 Å². The van der Waals surface area contributed by atoms with Gasteiger partial charge in [0.15, 0.2) is 0 Å². The first-order valence-electron chi connectivity index (χ1n) is 0.783. The summed E-state index contributed by atoms with van der Waals surface area (Å²) in [5.74, 6) is 0. The second kappa shape index (κ2) is 30.4. The SMILES string of the molecule is O.O.O=P(O)(O)O.[CaH2].[CaH2].[CaH2].[CaH2].[CaH2]. The molecule has 0 spiro atoms. The summed E-state index contributed by atoms with van der Waals surface area (Å²) in [4.78, 5) is 21.6. The third kappa shape index (κ3) is 95.8. The second-order valence-corrected chi connectivity index (χ2v) is 1.54. The van der Waals surface area contributed by atoms with Crippen molar-refractivity contribution in [2.45, 2.75) is 0 Å². The van der Waals surface area contributed by atoms with Gasteiger partial charge >= 0.3 is 197 Å². The molecule has 12 heteroatoms. The molecular weight excluding hydrogens is 327 g/mol. The van der Waals surface area contributed by atoms with E-state index in [1.54, 1.807) is 0 Å². The molecule has 0 fully saturated rings. The van der Waals surface area contributed by atoms with Gasteiger partial charge in [-0.05, 0) is 0 Å². The van der Waals surface area contributed by atoms with Crippen LogP contribution in [0.3, 0.4) is 0 Å². The van der Waals surface area contributed by atoms with Gasteiger partial charge in [0.2, 0.25) is 0 Å². The molecule has 7 N–H and O–H groups in total. The number of hydrogen-bond donors (Lipinski definition) is 3. The minimum absolute atomic E-state index is 0. The summed E-state index contributed by atoms with van der Waals surface area (Å²) in [7, 11) is -4.64. The van der Waals surface area contributed by atoms with Crippen LogP contribution < -0.4 is 0 Å². The average molecular weight is 344 g/mol. The van der Waals surface area contributed by atoms with E-state index in [0.717, 1.165) is 0 Å². The first kappa shape index (κ1) is 51.6. The van der Waals surface area contributed by atoms with Crippen molar-refractivity contribution in [1.82, 2.24) is 0 Å². The first-order chi connectivity index (χ1) is 2.00. The Balaban J connectivity index is -0.00000000381. The Kier molecular flexibility index (Phi) is 131. The molecule has 68 valence electrons. The summed E-state index contributed by atoms with van der Waals surface area (Å²) in [5, 5.41) is 0. The van der Waals surface area contributed by atoms with Crippen molar-refractivity contribution < 1.29 is 30.2 Å². The second-order valence-electron chi connectivity index (χ2n) is 0.513. The van der Waals surface area contributed by atoms with Crippen molar-refractivity contribution in [2.24, 2.45) is 0 Å². The van der Waals surface area contributed by atoms with Gasteiger partial charge in [0.25, 0.3) is 0 Å². The third-order valence-electron chi connectivity index (χ3n) is 0. The van der Waals surface area contributed by atoms with E-state index >= 15 is 0 Å². The summed E-state index contributed by atoms with van der Waals surface area (Å²) >= 11 is 0. The van der Waals surface area contributed by atoms with Crippen LogP contribution in [0.5, 0.6) is 0 Å². The quantitative estimate of drug-likeness (QED) is 0.296. The molecule has 0 aliphatic carbocycles. The summed E-state index contributed by atoms with van der Waals surface area (Å²) in [6.07, 6.45) is 0. The summed E-state index contributed by atoms with van der Waals surface area (Å²) in [5.41, 5.74) is 0. The Hall–Kier alpha value is 6.33. The molecular formula is H17Ca5O6P. The van der Waals surface area contributed by atoms with Gasteiger partial charge in [0.05, 0.1) is 0 Å². The molecule has 0 aromatic carbocycles. The van der Waals surface area contributed by atoms with E-state index in [-0.39, 0.29) is 200 Å². The van der Waals surface area contributed by atoms with Crippen LogP contribution in [-0.2, 0) is 4.57 Å². The van der Waals surface area contributed by atoms with Crippen LogP contribution in [-0.4, -0.2) is 214 Å². The van der Waals surface area contributed by atoms with Crippen molar-refractivity contribution in [3.05, 3.63) is 0 Å². The maximum atomic E-state index is 8.88. The van der Waals surface area contributed by atoms with Gasteiger partial charge in [-0.15, -0.1) is 0 Å². The van der Waals surface area contributed by atoms with E-state index in [2.05, 4.69) is 0 Å². The number of hydrogen-bond acceptors (Lipinski definition) is 1. The minimum atomic E-state index is -4.64. The Morgan fingerprint density at radius 1 is 0.667 bits per heavy atom. The Labute approximate surface area is 220 Å². The normalized spacial score (nSPS) is 4.92. The fourth-order valence-electron chi connectivity index (χ4n) is 0. The van der Waals surface area contributed by atoms with E-state index in [1.165, 1.54) is 0 Å². The van der Waals surface area contributed by atoms with E-state index in [0.29, 0.717) is 0 Å². The molecule has 12 heavy (non-hydrogen) atoms. The fourth-order valence-corrected chi connectivity index (χ4v) is 0. The van der Waals surface area contributed by atoms with Crippen molar-refractivity contribution in [3.8, 4) is 0 Å². The topological polar surface area (TPSA) is 141 Å². The molecule has 0 aromatic rings. The summed E-state index contributed by atoms with van der Waals surface area (Å²) < 4.78 is 8.88. The van der Waals surface area contributed by atoms with Gasteiger partial charge in [0.1, 0.15) is 0 Å². The maximum absolute atomic E-state index is 8.88. The molecule has 0 atom stereocenters. The van der Waals surface area contributed by atoms with Crippen molar-refractivity contribution in [2.75, 3.05) is 0 Å². The zero-order chi connectivity index (χ0) is 4.50. The van der Waals surface area contributed by atoms with E-state index in [4.69, 9.17) is 19.2 Å². The van der Waals surface area contributed by atoms with Crippen molar-refractivity contribution >= 4 is 197 Å². The summed E-state index contributed by atoms with van der Waals surface area (Å²) in [6, 6.07) is 0. The third-order valence-corrected chi connectivity index (χ3v) is 0. The molecule has 0 heterocycles. The molecule has 0 saturated carbocycles. The van der Waals surface area contributed by atoms with Crippen LogP contribution in [0.2, 0.25) is 0 Å². The first-order valence-corrected chi connectivity index (χ1v) is 2.35. The van der Waals surface area contributed by atoms with Gasteiger partial charge in [-0.1, -0.05) is 0 Å². The standard InChI is InChI=1S/5Ca.H3O4P.2H2O.10H/c;;;;;1-5(2,3)4;;;;;;;;;;;;/h;;;;;(H3,1,2,3,4);2*1H2;;;;;;;;;;.